The third-order valence-corrected chi connectivity index (χ3v) is 3.33. The third-order valence-electron chi connectivity index (χ3n) is 2.77. The van der Waals surface area contributed by atoms with E-state index >= 15 is 0 Å². The van der Waals surface area contributed by atoms with E-state index in [1.807, 2.05) is 0 Å². The van der Waals surface area contributed by atoms with Gasteiger partial charge in [0.15, 0.2) is 0 Å². The van der Waals surface area contributed by atoms with Crippen LogP contribution in [0.3, 0.4) is 0 Å². The Bertz CT molecular complexity index is 335. The molecule has 0 atom stereocenters. The van der Waals surface area contributed by atoms with Crippen molar-refractivity contribution in [3.63, 3.8) is 0 Å². The van der Waals surface area contributed by atoms with Gasteiger partial charge in [0, 0.05) is 18.8 Å². The molecule has 0 radical (unpaired) electrons. The predicted octanol–water partition coefficient (Wildman–Crippen LogP) is 3.08. The van der Waals surface area contributed by atoms with Crippen LogP contribution in [0, 0.1) is 0 Å². The molecule has 1 aromatic carbocycles. The zero-order valence-corrected chi connectivity index (χ0v) is 11.9. The standard InChI is InChI=1S/C14H20BrNO/c1-16-14(17)6-2-4-12-7-9-13(10-8-12)5-3-11-15/h7-10H,2-6,11H2,1H3,(H,16,17). The number of carbonyl (C=O) groups excluding carboxylic acids is 1. The van der Waals surface area contributed by atoms with E-state index in [0.29, 0.717) is 6.42 Å². The maximum absolute atomic E-state index is 11.1. The fraction of sp³-hybridized carbons (Fsp3) is 0.500. The van der Waals surface area contributed by atoms with Crippen molar-refractivity contribution in [2.75, 3.05) is 12.4 Å². The smallest absolute Gasteiger partial charge is 0.219 e. The molecule has 3 heteroatoms. The maximum Gasteiger partial charge on any atom is 0.219 e. The van der Waals surface area contributed by atoms with Gasteiger partial charge < -0.3 is 5.32 Å². The first-order valence-corrected chi connectivity index (χ1v) is 7.22. The summed E-state index contributed by atoms with van der Waals surface area (Å²) in [7, 11) is 1.68. The van der Waals surface area contributed by atoms with Crippen molar-refractivity contribution in [1.82, 2.24) is 5.32 Å². The summed E-state index contributed by atoms with van der Waals surface area (Å²) in [5, 5.41) is 3.70. The van der Waals surface area contributed by atoms with Gasteiger partial charge in [-0.05, 0) is 36.8 Å². The number of hydrogen-bond acceptors (Lipinski definition) is 1. The Balaban J connectivity index is 2.32. The number of aryl methyl sites for hydroxylation is 2. The summed E-state index contributed by atoms with van der Waals surface area (Å²) in [6, 6.07) is 8.73. The highest BCUT2D eigenvalue weighted by Crippen LogP contribution is 2.10. The van der Waals surface area contributed by atoms with Crippen LogP contribution in [0.1, 0.15) is 30.4 Å². The highest BCUT2D eigenvalue weighted by Gasteiger charge is 1.99. The fourth-order valence-corrected chi connectivity index (χ4v) is 2.00. The van der Waals surface area contributed by atoms with Crippen molar-refractivity contribution in [2.24, 2.45) is 0 Å². The third kappa shape index (κ3) is 5.87. The van der Waals surface area contributed by atoms with E-state index in [1.165, 1.54) is 17.5 Å². The second-order valence-corrected chi connectivity index (χ2v) is 4.93. The fourth-order valence-electron chi connectivity index (χ4n) is 1.72. The van der Waals surface area contributed by atoms with Crippen molar-refractivity contribution < 1.29 is 4.79 Å². The van der Waals surface area contributed by atoms with Gasteiger partial charge in [-0.1, -0.05) is 40.2 Å². The van der Waals surface area contributed by atoms with Crippen molar-refractivity contribution in [1.29, 1.82) is 0 Å². The Morgan fingerprint density at radius 1 is 1.12 bits per heavy atom. The zero-order chi connectivity index (χ0) is 12.5. The van der Waals surface area contributed by atoms with Gasteiger partial charge in [-0.15, -0.1) is 0 Å². The van der Waals surface area contributed by atoms with Crippen molar-refractivity contribution in [3.05, 3.63) is 35.4 Å². The molecule has 2 nitrogen and oxygen atoms in total. The Kier molecular flexibility index (Phi) is 6.94. The molecule has 0 bridgehead atoms. The molecule has 0 unspecified atom stereocenters. The van der Waals surface area contributed by atoms with E-state index < -0.39 is 0 Å². The van der Waals surface area contributed by atoms with Gasteiger partial charge in [0.1, 0.15) is 0 Å². The Morgan fingerprint density at radius 3 is 2.12 bits per heavy atom. The molecule has 1 N–H and O–H groups in total. The van der Waals surface area contributed by atoms with Crippen LogP contribution in [-0.4, -0.2) is 18.3 Å². The molecule has 0 saturated heterocycles. The minimum Gasteiger partial charge on any atom is -0.359 e. The summed E-state index contributed by atoms with van der Waals surface area (Å²) < 4.78 is 0. The number of rotatable bonds is 7. The molecule has 0 fully saturated rings. The number of alkyl halides is 1. The summed E-state index contributed by atoms with van der Waals surface area (Å²) in [5.41, 5.74) is 2.70. The summed E-state index contributed by atoms with van der Waals surface area (Å²) in [6.45, 7) is 0. The molecule has 1 rings (SSSR count). The second kappa shape index (κ2) is 8.29. The second-order valence-electron chi connectivity index (χ2n) is 4.14. The van der Waals surface area contributed by atoms with Crippen molar-refractivity contribution in [3.8, 4) is 0 Å². The minimum absolute atomic E-state index is 0.124. The highest BCUT2D eigenvalue weighted by molar-refractivity contribution is 9.09. The zero-order valence-electron chi connectivity index (χ0n) is 10.3. The van der Waals surface area contributed by atoms with Crippen LogP contribution >= 0.6 is 15.9 Å². The van der Waals surface area contributed by atoms with E-state index in [-0.39, 0.29) is 5.91 Å². The quantitative estimate of drug-likeness (QED) is 0.770. The van der Waals surface area contributed by atoms with Crippen LogP contribution in [0.4, 0.5) is 0 Å². The first kappa shape index (κ1) is 14.2. The summed E-state index contributed by atoms with van der Waals surface area (Å²) in [6.07, 6.45) is 4.81. The van der Waals surface area contributed by atoms with Crippen LogP contribution in [0.25, 0.3) is 0 Å². The average molecular weight is 298 g/mol. The maximum atomic E-state index is 11.1. The molecule has 0 aliphatic heterocycles. The van der Waals surface area contributed by atoms with Crippen molar-refractivity contribution in [2.45, 2.75) is 32.1 Å². The molecular formula is C14H20BrNO. The number of hydrogen-bond donors (Lipinski definition) is 1. The number of benzene rings is 1. The molecule has 0 aromatic heterocycles. The van der Waals surface area contributed by atoms with Gasteiger partial charge in [0.25, 0.3) is 0 Å². The Hall–Kier alpha value is -0.830. The lowest BCUT2D eigenvalue weighted by Crippen LogP contribution is -2.17. The summed E-state index contributed by atoms with van der Waals surface area (Å²) >= 11 is 3.44. The van der Waals surface area contributed by atoms with E-state index in [2.05, 4.69) is 45.5 Å². The molecule has 1 aromatic rings. The predicted molar refractivity (Wildman–Crippen MR) is 75.6 cm³/mol. The topological polar surface area (TPSA) is 29.1 Å². The van der Waals surface area contributed by atoms with Gasteiger partial charge in [0.05, 0.1) is 0 Å². The van der Waals surface area contributed by atoms with Gasteiger partial charge in [-0.3, -0.25) is 4.79 Å². The van der Waals surface area contributed by atoms with Crippen LogP contribution in [0.2, 0.25) is 0 Å². The summed E-state index contributed by atoms with van der Waals surface area (Å²) in [4.78, 5) is 11.1. The molecule has 17 heavy (non-hydrogen) atoms. The largest absolute Gasteiger partial charge is 0.359 e. The normalized spacial score (nSPS) is 10.2. The van der Waals surface area contributed by atoms with Gasteiger partial charge in [-0.25, -0.2) is 0 Å². The highest BCUT2D eigenvalue weighted by atomic mass is 79.9. The van der Waals surface area contributed by atoms with E-state index in [0.717, 1.165) is 24.6 Å². The molecule has 1 amide bonds. The number of halogens is 1. The monoisotopic (exact) mass is 297 g/mol. The van der Waals surface area contributed by atoms with Crippen LogP contribution in [-0.2, 0) is 17.6 Å². The number of amides is 1. The lowest BCUT2D eigenvalue weighted by molar-refractivity contribution is -0.120. The molecule has 0 aliphatic carbocycles. The van der Waals surface area contributed by atoms with Gasteiger partial charge in [-0.2, -0.15) is 0 Å². The average Bonchev–Trinajstić information content (AvgIpc) is 2.37. The molecular weight excluding hydrogens is 278 g/mol. The Labute approximate surface area is 112 Å². The molecule has 94 valence electrons. The van der Waals surface area contributed by atoms with Gasteiger partial charge >= 0.3 is 0 Å². The first-order valence-electron chi connectivity index (χ1n) is 6.10. The molecule has 0 heterocycles. The number of nitrogens with one attached hydrogen (secondary N) is 1. The molecule has 0 aliphatic rings. The lowest BCUT2D eigenvalue weighted by Gasteiger charge is -2.03. The van der Waals surface area contributed by atoms with Crippen LogP contribution < -0.4 is 5.32 Å². The lowest BCUT2D eigenvalue weighted by atomic mass is 10.0. The van der Waals surface area contributed by atoms with E-state index in [1.54, 1.807) is 7.05 Å². The summed E-state index contributed by atoms with van der Waals surface area (Å²) in [5.74, 6) is 0.124. The van der Waals surface area contributed by atoms with Crippen LogP contribution in [0.15, 0.2) is 24.3 Å². The SMILES string of the molecule is CNC(=O)CCCc1ccc(CCCBr)cc1. The van der Waals surface area contributed by atoms with Crippen LogP contribution in [0.5, 0.6) is 0 Å². The van der Waals surface area contributed by atoms with Gasteiger partial charge in [0.2, 0.25) is 5.91 Å². The minimum atomic E-state index is 0.124. The van der Waals surface area contributed by atoms with E-state index in [9.17, 15) is 4.79 Å². The Morgan fingerprint density at radius 2 is 1.65 bits per heavy atom. The van der Waals surface area contributed by atoms with E-state index in [4.69, 9.17) is 0 Å². The van der Waals surface area contributed by atoms with Crippen molar-refractivity contribution >= 4 is 21.8 Å². The number of carbonyl (C=O) groups is 1. The molecule has 0 spiro atoms. The molecule has 0 saturated carbocycles. The first-order chi connectivity index (χ1) is 8.26.